The summed E-state index contributed by atoms with van der Waals surface area (Å²) in [5.41, 5.74) is 5.65. The van der Waals surface area contributed by atoms with Gasteiger partial charge in [-0.15, -0.1) is 0 Å². The molecule has 0 saturated heterocycles. The fraction of sp³-hybridized carbons (Fsp3) is 0. The Morgan fingerprint density at radius 2 is 1.78 bits per heavy atom. The molecule has 18 heavy (non-hydrogen) atoms. The predicted molar refractivity (Wildman–Crippen MR) is 76.9 cm³/mol. The second-order valence-corrected chi connectivity index (χ2v) is 5.25. The van der Waals surface area contributed by atoms with E-state index in [1.54, 1.807) is 18.2 Å². The zero-order chi connectivity index (χ0) is 13.1. The van der Waals surface area contributed by atoms with Gasteiger partial charge >= 0.3 is 0 Å². The Labute approximate surface area is 121 Å². The first-order valence-electron chi connectivity index (χ1n) is 5.09. The van der Waals surface area contributed by atoms with Crippen LogP contribution in [-0.2, 0) is 0 Å². The molecule has 3 nitrogen and oxygen atoms in total. The standard InChI is InChI=1S/C13H9Br2NO2/c14-10-3-1-2-4-12(10)18-8-5-6-9(13(16)17)11(15)7-8/h1-7H,(H2,16,17). The Balaban J connectivity index is 2.29. The minimum absolute atomic E-state index is 0.425. The fourth-order valence-electron chi connectivity index (χ4n) is 1.41. The van der Waals surface area contributed by atoms with Crippen molar-refractivity contribution >= 4 is 37.8 Å². The summed E-state index contributed by atoms with van der Waals surface area (Å²) >= 11 is 6.69. The average molecular weight is 371 g/mol. The molecule has 0 aliphatic rings. The van der Waals surface area contributed by atoms with Gasteiger partial charge in [0.2, 0.25) is 5.91 Å². The van der Waals surface area contributed by atoms with Crippen molar-refractivity contribution in [2.75, 3.05) is 0 Å². The lowest BCUT2D eigenvalue weighted by Gasteiger charge is -2.08. The maximum absolute atomic E-state index is 11.1. The highest BCUT2D eigenvalue weighted by Gasteiger charge is 2.08. The van der Waals surface area contributed by atoms with Crippen molar-refractivity contribution in [2.45, 2.75) is 0 Å². The van der Waals surface area contributed by atoms with E-state index in [2.05, 4.69) is 31.9 Å². The van der Waals surface area contributed by atoms with Crippen LogP contribution in [0.5, 0.6) is 11.5 Å². The molecule has 0 saturated carbocycles. The number of halogens is 2. The second kappa shape index (κ2) is 5.54. The highest BCUT2D eigenvalue weighted by Crippen LogP contribution is 2.31. The Bertz CT molecular complexity index is 599. The van der Waals surface area contributed by atoms with Crippen molar-refractivity contribution in [1.29, 1.82) is 0 Å². The number of nitrogens with two attached hydrogens (primary N) is 1. The first-order chi connectivity index (χ1) is 8.58. The SMILES string of the molecule is NC(=O)c1ccc(Oc2ccccc2Br)cc1Br. The Hall–Kier alpha value is -1.33. The summed E-state index contributed by atoms with van der Waals surface area (Å²) in [6.45, 7) is 0. The third-order valence-corrected chi connectivity index (χ3v) is 3.58. The lowest BCUT2D eigenvalue weighted by molar-refractivity contribution is 0.0999. The highest BCUT2D eigenvalue weighted by atomic mass is 79.9. The molecule has 2 aromatic rings. The number of hydrogen-bond acceptors (Lipinski definition) is 2. The Kier molecular flexibility index (Phi) is 4.04. The molecule has 92 valence electrons. The second-order valence-electron chi connectivity index (χ2n) is 3.54. The molecule has 0 aliphatic heterocycles. The molecule has 2 aromatic carbocycles. The van der Waals surface area contributed by atoms with Gasteiger partial charge in [0.15, 0.2) is 0 Å². The van der Waals surface area contributed by atoms with Crippen LogP contribution in [0.3, 0.4) is 0 Å². The van der Waals surface area contributed by atoms with E-state index in [1.165, 1.54) is 0 Å². The van der Waals surface area contributed by atoms with Crippen LogP contribution in [0.1, 0.15) is 10.4 Å². The van der Waals surface area contributed by atoms with E-state index in [9.17, 15) is 4.79 Å². The Morgan fingerprint density at radius 3 is 2.39 bits per heavy atom. The summed E-state index contributed by atoms with van der Waals surface area (Å²) in [5, 5.41) is 0. The maximum Gasteiger partial charge on any atom is 0.249 e. The molecule has 0 unspecified atom stereocenters. The van der Waals surface area contributed by atoms with Crippen LogP contribution in [0.25, 0.3) is 0 Å². The zero-order valence-electron chi connectivity index (χ0n) is 9.19. The van der Waals surface area contributed by atoms with Crippen molar-refractivity contribution in [2.24, 2.45) is 5.73 Å². The molecule has 0 heterocycles. The van der Waals surface area contributed by atoms with Crippen LogP contribution in [-0.4, -0.2) is 5.91 Å². The molecule has 5 heteroatoms. The summed E-state index contributed by atoms with van der Waals surface area (Å²) in [7, 11) is 0. The van der Waals surface area contributed by atoms with Crippen LogP contribution in [0.15, 0.2) is 51.4 Å². The third-order valence-electron chi connectivity index (χ3n) is 2.27. The van der Waals surface area contributed by atoms with Crippen molar-refractivity contribution in [3.8, 4) is 11.5 Å². The number of hydrogen-bond donors (Lipinski definition) is 1. The van der Waals surface area contributed by atoms with Crippen LogP contribution in [0, 0.1) is 0 Å². The quantitative estimate of drug-likeness (QED) is 0.884. The molecule has 0 radical (unpaired) electrons. The van der Waals surface area contributed by atoms with Gasteiger partial charge in [-0.1, -0.05) is 12.1 Å². The predicted octanol–water partition coefficient (Wildman–Crippen LogP) is 4.10. The monoisotopic (exact) mass is 369 g/mol. The zero-order valence-corrected chi connectivity index (χ0v) is 12.4. The van der Waals surface area contributed by atoms with Crippen molar-refractivity contribution in [1.82, 2.24) is 0 Å². The van der Waals surface area contributed by atoms with Crippen LogP contribution in [0.4, 0.5) is 0 Å². The van der Waals surface area contributed by atoms with E-state index in [1.807, 2.05) is 24.3 Å². The maximum atomic E-state index is 11.1. The molecule has 0 aliphatic carbocycles. The number of ether oxygens (including phenoxy) is 1. The van der Waals surface area contributed by atoms with E-state index in [0.29, 0.717) is 21.5 Å². The van der Waals surface area contributed by atoms with E-state index < -0.39 is 5.91 Å². The normalized spacial score (nSPS) is 10.1. The molecule has 1 amide bonds. The molecule has 2 N–H and O–H groups in total. The highest BCUT2D eigenvalue weighted by molar-refractivity contribution is 9.10. The molecule has 0 aromatic heterocycles. The van der Waals surface area contributed by atoms with Gasteiger partial charge in [-0.2, -0.15) is 0 Å². The van der Waals surface area contributed by atoms with E-state index in [0.717, 1.165) is 4.47 Å². The van der Waals surface area contributed by atoms with E-state index in [4.69, 9.17) is 10.5 Å². The average Bonchev–Trinajstić information content (AvgIpc) is 2.32. The van der Waals surface area contributed by atoms with Gasteiger partial charge in [0.05, 0.1) is 10.0 Å². The Morgan fingerprint density at radius 1 is 1.06 bits per heavy atom. The van der Waals surface area contributed by atoms with Crippen LogP contribution in [0.2, 0.25) is 0 Å². The number of benzene rings is 2. The van der Waals surface area contributed by atoms with E-state index in [-0.39, 0.29) is 0 Å². The number of rotatable bonds is 3. The van der Waals surface area contributed by atoms with Crippen molar-refractivity contribution in [3.05, 3.63) is 57.0 Å². The number of primary amides is 1. The van der Waals surface area contributed by atoms with Gasteiger partial charge in [0.1, 0.15) is 11.5 Å². The van der Waals surface area contributed by atoms with Crippen LogP contribution < -0.4 is 10.5 Å². The topological polar surface area (TPSA) is 52.3 Å². The van der Waals surface area contributed by atoms with Gasteiger partial charge in [-0.05, 0) is 62.2 Å². The van der Waals surface area contributed by atoms with Gasteiger partial charge in [-0.3, -0.25) is 4.79 Å². The van der Waals surface area contributed by atoms with Gasteiger partial charge in [0, 0.05) is 4.47 Å². The van der Waals surface area contributed by atoms with Crippen LogP contribution >= 0.6 is 31.9 Å². The minimum Gasteiger partial charge on any atom is -0.456 e. The number of carbonyl (C=O) groups is 1. The summed E-state index contributed by atoms with van der Waals surface area (Å²) < 4.78 is 7.17. The lowest BCUT2D eigenvalue weighted by Crippen LogP contribution is -2.11. The summed E-state index contributed by atoms with van der Waals surface area (Å²) in [5.74, 6) is 0.851. The van der Waals surface area contributed by atoms with Gasteiger partial charge in [0.25, 0.3) is 0 Å². The molecular formula is C13H9Br2NO2. The third kappa shape index (κ3) is 2.91. The van der Waals surface area contributed by atoms with Gasteiger partial charge < -0.3 is 10.5 Å². The molecular weight excluding hydrogens is 362 g/mol. The van der Waals surface area contributed by atoms with Crippen molar-refractivity contribution < 1.29 is 9.53 Å². The van der Waals surface area contributed by atoms with E-state index >= 15 is 0 Å². The first-order valence-corrected chi connectivity index (χ1v) is 6.68. The minimum atomic E-state index is -0.477. The number of amides is 1. The first kappa shape index (κ1) is 13.1. The fourth-order valence-corrected chi connectivity index (χ4v) is 2.33. The summed E-state index contributed by atoms with van der Waals surface area (Å²) in [6, 6.07) is 12.6. The van der Waals surface area contributed by atoms with Crippen molar-refractivity contribution in [3.63, 3.8) is 0 Å². The molecule has 0 bridgehead atoms. The van der Waals surface area contributed by atoms with Gasteiger partial charge in [-0.25, -0.2) is 0 Å². The summed E-state index contributed by atoms with van der Waals surface area (Å²) in [4.78, 5) is 11.1. The summed E-state index contributed by atoms with van der Waals surface area (Å²) in [6.07, 6.45) is 0. The largest absolute Gasteiger partial charge is 0.456 e. The molecule has 2 rings (SSSR count). The molecule has 0 spiro atoms. The molecule has 0 fully saturated rings. The number of para-hydroxylation sites is 1. The smallest absolute Gasteiger partial charge is 0.249 e. The number of carbonyl (C=O) groups excluding carboxylic acids is 1. The lowest BCUT2D eigenvalue weighted by atomic mass is 10.2. The molecule has 0 atom stereocenters.